The van der Waals surface area contributed by atoms with E-state index in [1.165, 1.54) is 4.90 Å². The molecule has 0 atom stereocenters. The second-order valence-corrected chi connectivity index (χ2v) is 4.35. The van der Waals surface area contributed by atoms with Gasteiger partial charge >= 0.3 is 59.1 Å². The molecule has 0 N–H and O–H groups in total. The summed E-state index contributed by atoms with van der Waals surface area (Å²) in [7, 11) is 0. The average molecular weight is 295 g/mol. The van der Waals surface area contributed by atoms with Crippen LogP contribution in [0, 0.1) is 0 Å². The van der Waals surface area contributed by atoms with Crippen molar-refractivity contribution in [2.75, 3.05) is 18.0 Å². The van der Waals surface area contributed by atoms with E-state index in [0.29, 0.717) is 11.6 Å². The Balaban J connectivity index is 0. The predicted molar refractivity (Wildman–Crippen MR) is 62.8 cm³/mol. The third kappa shape index (κ3) is 7.67. The zero-order valence-corrected chi connectivity index (χ0v) is 16.4. The fourth-order valence-corrected chi connectivity index (χ4v) is 1.62. The van der Waals surface area contributed by atoms with Gasteiger partial charge in [0.05, 0.1) is 25.0 Å². The van der Waals surface area contributed by atoms with E-state index >= 15 is 0 Å². The first-order valence-corrected chi connectivity index (χ1v) is 5.64. The van der Waals surface area contributed by atoms with E-state index in [1.807, 2.05) is 26.0 Å². The average Bonchev–Trinajstić information content (AvgIpc) is 2.27. The molecule has 1 rings (SSSR count). The number of aliphatic carboxylic acids is 2. The van der Waals surface area contributed by atoms with Crippen molar-refractivity contribution < 1.29 is 78.9 Å². The Hall–Kier alpha value is -0.0400. The molecule has 20 heavy (non-hydrogen) atoms. The minimum Gasteiger partial charge on any atom is -0.548 e. The summed E-state index contributed by atoms with van der Waals surface area (Å²) in [5.74, 6) is -2.30. The molecule has 0 saturated heterocycles. The van der Waals surface area contributed by atoms with Gasteiger partial charge in [-0.25, -0.2) is 0 Å². The van der Waals surface area contributed by atoms with Crippen molar-refractivity contribution in [2.24, 2.45) is 0 Å². The minimum atomic E-state index is -1.33. The first kappa shape index (κ1) is 22.2. The molecular formula is C13H15NNa2O4. The van der Waals surface area contributed by atoms with Crippen LogP contribution >= 0.6 is 0 Å². The molecular weight excluding hydrogens is 280 g/mol. The maximum absolute atomic E-state index is 10.6. The van der Waals surface area contributed by atoms with Gasteiger partial charge in [0, 0.05) is 5.69 Å². The summed E-state index contributed by atoms with van der Waals surface area (Å²) < 4.78 is 0. The number of hydrogen-bond acceptors (Lipinski definition) is 5. The number of benzene rings is 1. The van der Waals surface area contributed by atoms with Crippen LogP contribution in [0.4, 0.5) is 5.69 Å². The van der Waals surface area contributed by atoms with Crippen molar-refractivity contribution in [2.45, 2.75) is 19.8 Å². The molecule has 0 aromatic heterocycles. The third-order valence-electron chi connectivity index (χ3n) is 2.56. The summed E-state index contributed by atoms with van der Waals surface area (Å²) in [6.45, 7) is 3.12. The number of carbonyl (C=O) groups is 2. The Morgan fingerprint density at radius 2 is 1.40 bits per heavy atom. The zero-order valence-electron chi connectivity index (χ0n) is 12.4. The number of rotatable bonds is 6. The van der Waals surface area contributed by atoms with Crippen LogP contribution in [0.2, 0.25) is 0 Å². The van der Waals surface area contributed by atoms with Crippen LogP contribution < -0.4 is 74.2 Å². The molecule has 0 aliphatic carbocycles. The van der Waals surface area contributed by atoms with Gasteiger partial charge < -0.3 is 24.7 Å². The van der Waals surface area contributed by atoms with Gasteiger partial charge in [-0.15, -0.1) is 0 Å². The van der Waals surface area contributed by atoms with Crippen LogP contribution in [-0.4, -0.2) is 25.0 Å². The normalized spacial score (nSPS) is 9.35. The molecule has 1 aromatic carbocycles. The van der Waals surface area contributed by atoms with Gasteiger partial charge in [-0.2, -0.15) is 0 Å². The molecule has 7 heteroatoms. The molecule has 0 saturated carbocycles. The fraction of sp³-hybridized carbons (Fsp3) is 0.385. The maximum atomic E-state index is 10.6. The number of carboxylic acids is 2. The summed E-state index contributed by atoms with van der Waals surface area (Å²) in [5.41, 5.74) is 1.62. The van der Waals surface area contributed by atoms with Crippen molar-refractivity contribution in [3.05, 3.63) is 29.8 Å². The van der Waals surface area contributed by atoms with E-state index in [-0.39, 0.29) is 59.1 Å². The standard InChI is InChI=1S/C13H17NO4.2Na/c1-9(2)10-3-5-11(6-4-10)14(7-12(15)16)8-13(17)18;;/h3-6,9H,7-8H2,1-2H3,(H,15,16)(H,17,18);;/q;2*+1/p-2. The van der Waals surface area contributed by atoms with Crippen molar-refractivity contribution in [3.8, 4) is 0 Å². The molecule has 0 unspecified atom stereocenters. The monoisotopic (exact) mass is 295 g/mol. The molecule has 0 heterocycles. The molecule has 0 fully saturated rings. The van der Waals surface area contributed by atoms with E-state index in [0.717, 1.165) is 5.56 Å². The van der Waals surface area contributed by atoms with Crippen LogP contribution in [0.3, 0.4) is 0 Å². The van der Waals surface area contributed by atoms with Gasteiger partial charge in [0.15, 0.2) is 0 Å². The summed E-state index contributed by atoms with van der Waals surface area (Å²) in [6, 6.07) is 7.08. The van der Waals surface area contributed by atoms with Gasteiger partial charge in [-0.1, -0.05) is 26.0 Å². The van der Waals surface area contributed by atoms with Crippen LogP contribution in [0.5, 0.6) is 0 Å². The number of carbonyl (C=O) groups excluding carboxylic acids is 2. The summed E-state index contributed by atoms with van der Waals surface area (Å²) in [4.78, 5) is 22.3. The van der Waals surface area contributed by atoms with Crippen LogP contribution in [-0.2, 0) is 9.59 Å². The van der Waals surface area contributed by atoms with Crippen molar-refractivity contribution in [1.29, 1.82) is 0 Å². The SMILES string of the molecule is CC(C)c1ccc(N(CC(=O)[O-])CC(=O)[O-])cc1.[Na+].[Na+]. The summed E-state index contributed by atoms with van der Waals surface area (Å²) >= 11 is 0. The number of nitrogens with zero attached hydrogens (tertiary/aromatic N) is 1. The Morgan fingerprint density at radius 3 is 1.70 bits per heavy atom. The second kappa shape index (κ2) is 10.7. The molecule has 5 nitrogen and oxygen atoms in total. The van der Waals surface area contributed by atoms with E-state index in [9.17, 15) is 19.8 Å². The predicted octanol–water partition coefficient (Wildman–Crippen LogP) is -6.88. The van der Waals surface area contributed by atoms with E-state index < -0.39 is 25.0 Å². The smallest absolute Gasteiger partial charge is 0.548 e. The summed E-state index contributed by atoms with van der Waals surface area (Å²) in [5, 5.41) is 21.1. The van der Waals surface area contributed by atoms with Gasteiger partial charge in [0.1, 0.15) is 0 Å². The van der Waals surface area contributed by atoms with Gasteiger partial charge in [-0.3, -0.25) is 0 Å². The third-order valence-corrected chi connectivity index (χ3v) is 2.56. The van der Waals surface area contributed by atoms with Crippen LogP contribution in [0.25, 0.3) is 0 Å². The van der Waals surface area contributed by atoms with Crippen molar-refractivity contribution in [3.63, 3.8) is 0 Å². The van der Waals surface area contributed by atoms with Crippen molar-refractivity contribution >= 4 is 17.6 Å². The molecule has 0 aliphatic heterocycles. The minimum absolute atomic E-state index is 0. The largest absolute Gasteiger partial charge is 1.00 e. The fourth-order valence-electron chi connectivity index (χ4n) is 1.62. The van der Waals surface area contributed by atoms with Gasteiger partial charge in [0.25, 0.3) is 0 Å². The molecule has 0 bridgehead atoms. The molecule has 0 radical (unpaired) electrons. The molecule has 0 spiro atoms. The first-order valence-electron chi connectivity index (χ1n) is 5.64. The van der Waals surface area contributed by atoms with Crippen LogP contribution in [0.1, 0.15) is 25.3 Å². The number of carboxylic acid groups (broad SMARTS) is 2. The number of anilines is 1. The quantitative estimate of drug-likeness (QED) is 0.487. The Bertz CT molecular complexity index is 419. The Labute approximate surface area is 162 Å². The Kier molecular flexibility index (Phi) is 11.8. The second-order valence-electron chi connectivity index (χ2n) is 4.35. The van der Waals surface area contributed by atoms with Crippen molar-refractivity contribution in [1.82, 2.24) is 0 Å². The van der Waals surface area contributed by atoms with Gasteiger partial charge in [-0.05, 0) is 23.6 Å². The topological polar surface area (TPSA) is 83.5 Å². The maximum Gasteiger partial charge on any atom is 1.00 e. The van der Waals surface area contributed by atoms with Crippen LogP contribution in [0.15, 0.2) is 24.3 Å². The number of hydrogen-bond donors (Lipinski definition) is 0. The molecule has 1 aromatic rings. The zero-order chi connectivity index (χ0) is 13.7. The molecule has 0 aliphatic rings. The first-order chi connectivity index (χ1) is 8.40. The van der Waals surface area contributed by atoms with E-state index in [1.54, 1.807) is 12.1 Å². The summed E-state index contributed by atoms with van der Waals surface area (Å²) in [6.07, 6.45) is 0. The molecule has 0 amide bonds. The van der Waals surface area contributed by atoms with E-state index in [4.69, 9.17) is 0 Å². The van der Waals surface area contributed by atoms with E-state index in [2.05, 4.69) is 0 Å². The Morgan fingerprint density at radius 1 is 1.00 bits per heavy atom. The van der Waals surface area contributed by atoms with Gasteiger partial charge in [0.2, 0.25) is 0 Å². The molecule has 98 valence electrons.